The van der Waals surface area contributed by atoms with Crippen molar-refractivity contribution in [2.45, 2.75) is 106 Å². The minimum absolute atomic E-state index is 0.0532. The Balaban J connectivity index is 1.55. The van der Waals surface area contributed by atoms with Gasteiger partial charge < -0.3 is 5.11 Å². The Labute approximate surface area is 192 Å². The summed E-state index contributed by atoms with van der Waals surface area (Å²) in [4.78, 5) is 0. The van der Waals surface area contributed by atoms with Crippen LogP contribution in [-0.2, 0) is 0 Å². The molecule has 5 aliphatic rings. The third-order valence-corrected chi connectivity index (χ3v) is 12.9. The topological polar surface area (TPSA) is 20.2 Å². The van der Waals surface area contributed by atoms with Gasteiger partial charge in [-0.05, 0) is 109 Å². The lowest BCUT2D eigenvalue weighted by Gasteiger charge is -2.72. The van der Waals surface area contributed by atoms with E-state index in [4.69, 9.17) is 0 Å². The molecule has 0 aliphatic heterocycles. The van der Waals surface area contributed by atoms with Crippen LogP contribution in [0.25, 0.3) is 0 Å². The van der Waals surface area contributed by atoms with Crippen molar-refractivity contribution in [2.75, 3.05) is 0 Å². The molecule has 10 atom stereocenters. The molecule has 0 aromatic heterocycles. The van der Waals surface area contributed by atoms with Crippen LogP contribution in [-0.4, -0.2) is 11.2 Å². The van der Waals surface area contributed by atoms with Gasteiger partial charge in [-0.1, -0.05) is 65.8 Å². The maximum absolute atomic E-state index is 10.9. The zero-order valence-corrected chi connectivity index (χ0v) is 21.4. The van der Waals surface area contributed by atoms with Crippen LogP contribution in [0.1, 0.15) is 99.8 Å². The van der Waals surface area contributed by atoms with E-state index in [1.807, 2.05) is 0 Å². The van der Waals surface area contributed by atoms with E-state index >= 15 is 0 Å². The zero-order valence-electron chi connectivity index (χ0n) is 21.4. The number of allylic oxidation sites excluding steroid dienone is 3. The van der Waals surface area contributed by atoms with Crippen molar-refractivity contribution in [3.8, 4) is 0 Å². The Morgan fingerprint density at radius 1 is 0.839 bits per heavy atom. The standard InChI is InChI=1S/C30H48O/c1-19(2)20-11-14-27(5)17-18-29(7)21(25(20)27)9-10-23-28(6)15-13-24(31)26(3,4)22(28)12-16-30(23,29)8/h11,14,20-25,31H,1,9-10,12-13,15-18H2,2-8H3. The van der Waals surface area contributed by atoms with Crippen LogP contribution >= 0.6 is 0 Å². The fourth-order valence-electron chi connectivity index (χ4n) is 10.9. The quantitative estimate of drug-likeness (QED) is 0.426. The van der Waals surface area contributed by atoms with Gasteiger partial charge in [0.15, 0.2) is 0 Å². The van der Waals surface area contributed by atoms with E-state index in [-0.39, 0.29) is 11.5 Å². The van der Waals surface area contributed by atoms with E-state index in [1.54, 1.807) is 0 Å². The largest absolute Gasteiger partial charge is 0.393 e. The smallest absolute Gasteiger partial charge is 0.0594 e. The number of hydrogen-bond donors (Lipinski definition) is 1. The second kappa shape index (κ2) is 6.52. The molecule has 0 amide bonds. The van der Waals surface area contributed by atoms with Crippen LogP contribution in [0.4, 0.5) is 0 Å². The zero-order chi connectivity index (χ0) is 22.6. The maximum Gasteiger partial charge on any atom is 0.0594 e. The van der Waals surface area contributed by atoms with Crippen LogP contribution in [0.2, 0.25) is 0 Å². The molecule has 0 heterocycles. The molecule has 5 aliphatic carbocycles. The van der Waals surface area contributed by atoms with E-state index in [2.05, 4.69) is 67.2 Å². The molecule has 0 spiro atoms. The second-order valence-electron chi connectivity index (χ2n) is 14.3. The van der Waals surface area contributed by atoms with Gasteiger partial charge in [0.1, 0.15) is 0 Å². The van der Waals surface area contributed by atoms with E-state index in [9.17, 15) is 5.11 Å². The Kier molecular flexibility index (Phi) is 4.68. The number of aliphatic hydroxyl groups excluding tert-OH is 1. The molecule has 1 nitrogen and oxygen atoms in total. The van der Waals surface area contributed by atoms with Gasteiger partial charge in [0.2, 0.25) is 0 Å². The molecular weight excluding hydrogens is 376 g/mol. The fraction of sp³-hybridized carbons (Fsp3) is 0.867. The molecule has 0 aromatic carbocycles. The van der Waals surface area contributed by atoms with E-state index in [1.165, 1.54) is 50.5 Å². The first-order chi connectivity index (χ1) is 14.3. The number of rotatable bonds is 1. The minimum atomic E-state index is -0.127. The Hall–Kier alpha value is -0.560. The van der Waals surface area contributed by atoms with Gasteiger partial charge in [-0.25, -0.2) is 0 Å². The number of fused-ring (bicyclic) bond motifs is 7. The predicted octanol–water partition coefficient (Wildman–Crippen LogP) is 7.80. The highest BCUT2D eigenvalue weighted by Gasteiger charge is 2.69. The Bertz CT molecular complexity index is 807. The monoisotopic (exact) mass is 424 g/mol. The van der Waals surface area contributed by atoms with Crippen LogP contribution in [0.3, 0.4) is 0 Å². The number of hydrogen-bond acceptors (Lipinski definition) is 1. The van der Waals surface area contributed by atoms with Gasteiger partial charge >= 0.3 is 0 Å². The first-order valence-electron chi connectivity index (χ1n) is 13.3. The van der Waals surface area contributed by atoms with Crippen molar-refractivity contribution in [3.05, 3.63) is 24.3 Å². The summed E-state index contributed by atoms with van der Waals surface area (Å²) in [6.45, 7) is 22.0. The van der Waals surface area contributed by atoms with Gasteiger partial charge in [0.25, 0.3) is 0 Å². The molecule has 0 aromatic rings. The summed E-state index contributed by atoms with van der Waals surface area (Å²) in [7, 11) is 0. The second-order valence-corrected chi connectivity index (χ2v) is 14.3. The van der Waals surface area contributed by atoms with Crippen LogP contribution in [0, 0.1) is 56.7 Å². The van der Waals surface area contributed by atoms with Gasteiger partial charge in [0, 0.05) is 5.92 Å². The summed E-state index contributed by atoms with van der Waals surface area (Å²) in [5.41, 5.74) is 3.02. The molecule has 0 bridgehead atoms. The Morgan fingerprint density at radius 2 is 1.55 bits per heavy atom. The molecule has 4 fully saturated rings. The van der Waals surface area contributed by atoms with E-state index < -0.39 is 0 Å². The molecule has 0 saturated heterocycles. The van der Waals surface area contributed by atoms with Crippen molar-refractivity contribution in [1.82, 2.24) is 0 Å². The average molecular weight is 425 g/mol. The maximum atomic E-state index is 10.9. The van der Waals surface area contributed by atoms with Crippen molar-refractivity contribution < 1.29 is 5.11 Å². The highest BCUT2D eigenvalue weighted by molar-refractivity contribution is 5.28. The molecular formula is C30H48O. The highest BCUT2D eigenvalue weighted by atomic mass is 16.3. The molecule has 1 N–H and O–H groups in total. The van der Waals surface area contributed by atoms with Gasteiger partial charge in [0.05, 0.1) is 6.10 Å². The summed E-state index contributed by atoms with van der Waals surface area (Å²) in [5, 5.41) is 10.9. The third kappa shape index (κ3) is 2.59. The van der Waals surface area contributed by atoms with E-state index in [0.29, 0.717) is 33.5 Å². The van der Waals surface area contributed by atoms with E-state index in [0.717, 1.165) is 24.2 Å². The summed E-state index contributed by atoms with van der Waals surface area (Å²) < 4.78 is 0. The van der Waals surface area contributed by atoms with Crippen molar-refractivity contribution in [1.29, 1.82) is 0 Å². The minimum Gasteiger partial charge on any atom is -0.393 e. The van der Waals surface area contributed by atoms with Crippen molar-refractivity contribution >= 4 is 0 Å². The van der Waals surface area contributed by atoms with Crippen molar-refractivity contribution in [2.24, 2.45) is 56.7 Å². The summed E-state index contributed by atoms with van der Waals surface area (Å²) in [6, 6.07) is 0. The molecule has 5 rings (SSSR count). The molecule has 174 valence electrons. The molecule has 31 heavy (non-hydrogen) atoms. The first kappa shape index (κ1) is 22.2. The summed E-state index contributed by atoms with van der Waals surface area (Å²) in [5.74, 6) is 3.59. The van der Waals surface area contributed by atoms with Crippen LogP contribution in [0.5, 0.6) is 0 Å². The molecule has 0 radical (unpaired) electrons. The first-order valence-corrected chi connectivity index (χ1v) is 13.3. The average Bonchev–Trinajstić information content (AvgIpc) is 3.04. The SMILES string of the molecule is C=C(C)C1C=CC2(C)CCC3(C)C(CCC4C5(C)CCC(O)C(C)(C)C5CCC43C)C12. The number of aliphatic hydroxyl groups is 1. The van der Waals surface area contributed by atoms with Gasteiger partial charge in [-0.2, -0.15) is 0 Å². The molecule has 1 heteroatoms. The van der Waals surface area contributed by atoms with Crippen LogP contribution in [0.15, 0.2) is 24.3 Å². The highest BCUT2D eigenvalue weighted by Crippen LogP contribution is 2.76. The van der Waals surface area contributed by atoms with Crippen LogP contribution < -0.4 is 0 Å². The lowest BCUT2D eigenvalue weighted by molar-refractivity contribution is -0.245. The predicted molar refractivity (Wildman–Crippen MR) is 131 cm³/mol. The third-order valence-electron chi connectivity index (χ3n) is 12.9. The summed E-state index contributed by atoms with van der Waals surface area (Å²) >= 11 is 0. The van der Waals surface area contributed by atoms with Gasteiger partial charge in [-0.15, -0.1) is 0 Å². The lowest BCUT2D eigenvalue weighted by Crippen LogP contribution is -2.66. The molecule has 10 unspecified atom stereocenters. The van der Waals surface area contributed by atoms with Crippen molar-refractivity contribution in [3.63, 3.8) is 0 Å². The summed E-state index contributed by atoms with van der Waals surface area (Å²) in [6.07, 6.45) is 15.4. The normalized spacial score (nSPS) is 57.4. The lowest BCUT2D eigenvalue weighted by atomic mass is 9.32. The molecule has 4 saturated carbocycles. The Morgan fingerprint density at radius 3 is 2.23 bits per heavy atom. The van der Waals surface area contributed by atoms with Gasteiger partial charge in [-0.3, -0.25) is 0 Å². The fourth-order valence-corrected chi connectivity index (χ4v) is 10.9.